The van der Waals surface area contributed by atoms with Crippen molar-refractivity contribution in [2.24, 2.45) is 0 Å². The van der Waals surface area contributed by atoms with Gasteiger partial charge in [-0.2, -0.15) is 13.2 Å². The van der Waals surface area contributed by atoms with Crippen LogP contribution in [-0.4, -0.2) is 29.6 Å². The van der Waals surface area contributed by atoms with Crippen LogP contribution in [0.2, 0.25) is 0 Å². The summed E-state index contributed by atoms with van der Waals surface area (Å²) in [6, 6.07) is 12.5. The maximum absolute atomic E-state index is 13.1. The summed E-state index contributed by atoms with van der Waals surface area (Å²) in [5.41, 5.74) is 4.41. The number of piperidine rings is 1. The molecule has 2 aromatic rings. The molecule has 1 spiro atoms. The van der Waals surface area contributed by atoms with E-state index in [4.69, 9.17) is 4.84 Å². The molecule has 2 heterocycles. The van der Waals surface area contributed by atoms with E-state index >= 15 is 0 Å². The summed E-state index contributed by atoms with van der Waals surface area (Å²) in [5, 5.41) is 2.40. The predicted octanol–water partition coefficient (Wildman–Crippen LogP) is 4.96. The molecule has 1 fully saturated rings. The number of aryl methyl sites for hydroxylation is 1. The van der Waals surface area contributed by atoms with E-state index in [2.05, 4.69) is 10.8 Å². The molecule has 2 aliphatic heterocycles. The van der Waals surface area contributed by atoms with E-state index in [-0.39, 0.29) is 5.69 Å². The lowest BCUT2D eigenvalue weighted by Gasteiger charge is -2.36. The quantitative estimate of drug-likeness (QED) is 0.727. The molecule has 2 aliphatic rings. The summed E-state index contributed by atoms with van der Waals surface area (Å²) in [7, 11) is 0. The van der Waals surface area contributed by atoms with E-state index < -0.39 is 23.4 Å². The van der Waals surface area contributed by atoms with Gasteiger partial charge in [0.1, 0.15) is 5.60 Å². The zero-order valence-corrected chi connectivity index (χ0v) is 16.4. The highest BCUT2D eigenvalue weighted by Gasteiger charge is 2.40. The predicted molar refractivity (Wildman–Crippen MR) is 107 cm³/mol. The Bertz CT molecular complexity index is 962. The average molecular weight is 417 g/mol. The van der Waals surface area contributed by atoms with Crippen LogP contribution in [0, 0.1) is 6.92 Å². The summed E-state index contributed by atoms with van der Waals surface area (Å²) >= 11 is 0. The number of likely N-dealkylation sites (tertiary alicyclic amines) is 1. The van der Waals surface area contributed by atoms with Gasteiger partial charge in [0.2, 0.25) is 0 Å². The Morgan fingerprint density at radius 1 is 1.10 bits per heavy atom. The van der Waals surface area contributed by atoms with Crippen molar-refractivity contribution < 1.29 is 22.8 Å². The summed E-state index contributed by atoms with van der Waals surface area (Å²) in [6.07, 6.45) is -1.41. The first-order chi connectivity index (χ1) is 14.3. The first-order valence-electron chi connectivity index (χ1n) is 9.72. The highest BCUT2D eigenvalue weighted by Crippen LogP contribution is 2.36. The van der Waals surface area contributed by atoms with Crippen LogP contribution in [0.3, 0.4) is 0 Å². The van der Waals surface area contributed by atoms with E-state index in [1.165, 1.54) is 28.7 Å². The van der Waals surface area contributed by atoms with Crippen molar-refractivity contribution in [1.29, 1.82) is 0 Å². The van der Waals surface area contributed by atoms with Crippen LogP contribution in [0.15, 0.2) is 54.6 Å². The number of amides is 2. The number of rotatable bonds is 2. The van der Waals surface area contributed by atoms with Crippen molar-refractivity contribution in [3.05, 3.63) is 71.3 Å². The van der Waals surface area contributed by atoms with Gasteiger partial charge in [0, 0.05) is 25.9 Å². The van der Waals surface area contributed by atoms with Gasteiger partial charge in [-0.05, 0) is 30.7 Å². The summed E-state index contributed by atoms with van der Waals surface area (Å²) in [5.74, 6) is 0. The molecular weight excluding hydrogens is 395 g/mol. The molecular formula is C22H22F3N3O2. The van der Waals surface area contributed by atoms with E-state index in [1.54, 1.807) is 0 Å². The van der Waals surface area contributed by atoms with Crippen LogP contribution in [0.5, 0.6) is 0 Å². The molecule has 0 aliphatic carbocycles. The van der Waals surface area contributed by atoms with Gasteiger partial charge < -0.3 is 10.2 Å². The van der Waals surface area contributed by atoms with Crippen LogP contribution in [0.25, 0.3) is 5.70 Å². The highest BCUT2D eigenvalue weighted by molar-refractivity contribution is 5.90. The number of carbonyl (C=O) groups excluding carboxylic acids is 1. The van der Waals surface area contributed by atoms with Gasteiger partial charge in [-0.1, -0.05) is 42.0 Å². The minimum Gasteiger partial charge on any atom is -0.324 e. The second-order valence-electron chi connectivity index (χ2n) is 7.65. The Morgan fingerprint density at radius 3 is 2.43 bits per heavy atom. The van der Waals surface area contributed by atoms with E-state index in [9.17, 15) is 18.0 Å². The lowest BCUT2D eigenvalue weighted by Crippen LogP contribution is -2.48. The third kappa shape index (κ3) is 4.14. The van der Waals surface area contributed by atoms with Gasteiger partial charge in [0.15, 0.2) is 0 Å². The number of hydrogen-bond donors (Lipinski definition) is 2. The number of anilines is 1. The zero-order chi connectivity index (χ0) is 21.4. The molecule has 158 valence electrons. The van der Waals surface area contributed by atoms with Crippen molar-refractivity contribution in [1.82, 2.24) is 10.4 Å². The first-order valence-corrected chi connectivity index (χ1v) is 9.72. The van der Waals surface area contributed by atoms with Crippen LogP contribution in [0.4, 0.5) is 23.7 Å². The molecule has 4 rings (SSSR count). The van der Waals surface area contributed by atoms with Crippen LogP contribution in [0.1, 0.15) is 29.5 Å². The Morgan fingerprint density at radius 2 is 1.77 bits per heavy atom. The molecule has 0 aromatic heterocycles. The number of alkyl halides is 3. The number of hydroxylamine groups is 1. The Balaban J connectivity index is 1.41. The minimum atomic E-state index is -4.53. The van der Waals surface area contributed by atoms with Crippen LogP contribution >= 0.6 is 0 Å². The van der Waals surface area contributed by atoms with E-state index in [1.807, 2.05) is 37.3 Å². The summed E-state index contributed by atoms with van der Waals surface area (Å²) < 4.78 is 39.4. The van der Waals surface area contributed by atoms with Crippen molar-refractivity contribution >= 4 is 17.4 Å². The van der Waals surface area contributed by atoms with Crippen molar-refractivity contribution in [2.45, 2.75) is 31.5 Å². The van der Waals surface area contributed by atoms with Crippen molar-refractivity contribution in [3.63, 3.8) is 0 Å². The highest BCUT2D eigenvalue weighted by atomic mass is 19.4. The van der Waals surface area contributed by atoms with E-state index in [0.717, 1.165) is 17.3 Å². The number of halogens is 3. The lowest BCUT2D eigenvalue weighted by atomic mass is 9.90. The fourth-order valence-electron chi connectivity index (χ4n) is 3.72. The first kappa shape index (κ1) is 20.3. The van der Waals surface area contributed by atoms with Gasteiger partial charge in [0.05, 0.1) is 16.9 Å². The average Bonchev–Trinajstić information content (AvgIpc) is 3.12. The number of nitrogens with one attached hydrogen (secondary N) is 2. The molecule has 2 amide bonds. The molecule has 8 heteroatoms. The van der Waals surface area contributed by atoms with Crippen molar-refractivity contribution in [3.8, 4) is 0 Å². The smallest absolute Gasteiger partial charge is 0.324 e. The molecule has 0 bridgehead atoms. The largest absolute Gasteiger partial charge is 0.418 e. The van der Waals surface area contributed by atoms with Crippen LogP contribution < -0.4 is 10.8 Å². The second kappa shape index (κ2) is 7.68. The topological polar surface area (TPSA) is 53.6 Å². The Kier molecular flexibility index (Phi) is 5.19. The van der Waals surface area contributed by atoms with Gasteiger partial charge in [-0.25, -0.2) is 4.79 Å². The molecule has 0 atom stereocenters. The zero-order valence-electron chi connectivity index (χ0n) is 16.4. The number of para-hydroxylation sites is 1. The maximum atomic E-state index is 13.1. The second-order valence-corrected chi connectivity index (χ2v) is 7.65. The maximum Gasteiger partial charge on any atom is 0.418 e. The SMILES string of the molecule is Cc1ccc(C2=CC3(CCN(C(=O)Nc4ccccc4C(F)(F)F)CC3)ON2)cc1. The monoisotopic (exact) mass is 417 g/mol. The van der Waals surface area contributed by atoms with Gasteiger partial charge in [-0.15, -0.1) is 0 Å². The lowest BCUT2D eigenvalue weighted by molar-refractivity contribution is -0.136. The number of benzene rings is 2. The molecule has 5 nitrogen and oxygen atoms in total. The Hall–Kier alpha value is -3.00. The Labute approximate surface area is 172 Å². The number of hydrogen-bond acceptors (Lipinski definition) is 3. The molecule has 0 radical (unpaired) electrons. The fraction of sp³-hybridized carbons (Fsp3) is 0.318. The van der Waals surface area contributed by atoms with Gasteiger partial charge >= 0.3 is 12.2 Å². The minimum absolute atomic E-state index is 0.240. The molecule has 30 heavy (non-hydrogen) atoms. The summed E-state index contributed by atoms with van der Waals surface area (Å²) in [6.45, 7) is 2.77. The van der Waals surface area contributed by atoms with Gasteiger partial charge in [-0.3, -0.25) is 10.3 Å². The van der Waals surface area contributed by atoms with Crippen molar-refractivity contribution in [2.75, 3.05) is 18.4 Å². The number of urea groups is 1. The van der Waals surface area contributed by atoms with Crippen LogP contribution in [-0.2, 0) is 11.0 Å². The third-order valence-corrected chi connectivity index (χ3v) is 5.51. The number of carbonyl (C=O) groups is 1. The molecule has 0 saturated carbocycles. The molecule has 2 N–H and O–H groups in total. The number of nitrogens with zero attached hydrogens (tertiary/aromatic N) is 1. The standard InChI is InChI=1S/C22H22F3N3O2/c1-15-6-8-16(9-7-15)19-14-21(30-27-19)10-12-28(13-11-21)20(29)26-18-5-3-2-4-17(18)22(23,24)25/h2-9,14,27H,10-13H2,1H3,(H,26,29). The normalized spacial score (nSPS) is 18.1. The molecule has 2 aromatic carbocycles. The van der Waals surface area contributed by atoms with E-state index in [0.29, 0.717) is 25.9 Å². The summed E-state index contributed by atoms with van der Waals surface area (Å²) in [4.78, 5) is 19.9. The van der Waals surface area contributed by atoms with Gasteiger partial charge in [0.25, 0.3) is 0 Å². The molecule has 0 unspecified atom stereocenters. The third-order valence-electron chi connectivity index (χ3n) is 5.51. The molecule has 1 saturated heterocycles. The fourth-order valence-corrected chi connectivity index (χ4v) is 3.72.